The van der Waals surface area contributed by atoms with Gasteiger partial charge < -0.3 is 4.74 Å². The molecule has 1 rings (SSSR count). The summed E-state index contributed by atoms with van der Waals surface area (Å²) in [5.74, 6) is -0.603. The molecule has 104 valence electrons. The molecule has 0 aliphatic heterocycles. The van der Waals surface area contributed by atoms with Crippen LogP contribution in [0.15, 0.2) is 18.2 Å². The maximum atomic E-state index is 12.0. The molecule has 0 radical (unpaired) electrons. The van der Waals surface area contributed by atoms with E-state index in [2.05, 4.69) is 6.07 Å². The average molecular weight is 262 g/mol. The molecular weight excluding hydrogens is 240 g/mol. The molecule has 0 N–H and O–H groups in total. The van der Waals surface area contributed by atoms with Crippen LogP contribution in [0.25, 0.3) is 0 Å². The monoisotopic (exact) mass is 262 g/mol. The molecule has 0 aromatic heterocycles. The molecule has 0 bridgehead atoms. The lowest BCUT2D eigenvalue weighted by Gasteiger charge is -2.25. The molecule has 1 aromatic rings. The fraction of sp³-hybridized carbons (Fsp3) is 0.500. The van der Waals surface area contributed by atoms with Gasteiger partial charge in [-0.1, -0.05) is 23.8 Å². The van der Waals surface area contributed by atoms with Gasteiger partial charge in [0.15, 0.2) is 0 Å². The fourth-order valence-corrected chi connectivity index (χ4v) is 2.06. The van der Waals surface area contributed by atoms with Crippen LogP contribution >= 0.6 is 0 Å². The van der Waals surface area contributed by atoms with Gasteiger partial charge in [-0.05, 0) is 52.2 Å². The van der Waals surface area contributed by atoms with Gasteiger partial charge in [-0.25, -0.2) is 0 Å². The number of esters is 1. The third-order valence-corrected chi connectivity index (χ3v) is 3.55. The number of carbonyl (C=O) groups is 2. The number of hydrogen-bond acceptors (Lipinski definition) is 3. The van der Waals surface area contributed by atoms with E-state index in [0.29, 0.717) is 6.42 Å². The summed E-state index contributed by atoms with van der Waals surface area (Å²) in [7, 11) is 0. The number of benzene rings is 1. The van der Waals surface area contributed by atoms with E-state index < -0.39 is 11.4 Å². The third-order valence-electron chi connectivity index (χ3n) is 3.55. The minimum absolute atomic E-state index is 0.161. The molecule has 0 spiro atoms. The van der Waals surface area contributed by atoms with E-state index in [0.717, 1.165) is 11.1 Å². The van der Waals surface area contributed by atoms with Crippen molar-refractivity contribution in [1.29, 1.82) is 0 Å². The van der Waals surface area contributed by atoms with Crippen molar-refractivity contribution in [3.05, 3.63) is 34.9 Å². The molecule has 0 aliphatic carbocycles. The van der Waals surface area contributed by atoms with Crippen LogP contribution in [0.1, 0.15) is 37.5 Å². The summed E-state index contributed by atoms with van der Waals surface area (Å²) in [4.78, 5) is 23.9. The minimum Gasteiger partial charge on any atom is -0.465 e. The van der Waals surface area contributed by atoms with Gasteiger partial charge >= 0.3 is 5.97 Å². The molecule has 0 amide bonds. The summed E-state index contributed by atoms with van der Waals surface area (Å²) in [5.41, 5.74) is 2.17. The molecule has 3 nitrogen and oxygen atoms in total. The summed E-state index contributed by atoms with van der Waals surface area (Å²) in [6, 6.07) is 6.03. The molecule has 0 fully saturated rings. The summed E-state index contributed by atoms with van der Waals surface area (Å²) in [6.07, 6.45) is 0.382. The van der Waals surface area contributed by atoms with Crippen molar-refractivity contribution in [3.63, 3.8) is 0 Å². The van der Waals surface area contributed by atoms with Crippen molar-refractivity contribution < 1.29 is 14.3 Å². The Morgan fingerprint density at radius 2 is 1.89 bits per heavy atom. The van der Waals surface area contributed by atoms with Crippen LogP contribution in [0.3, 0.4) is 0 Å². The molecule has 1 unspecified atom stereocenters. The number of hydrogen-bond donors (Lipinski definition) is 0. The Labute approximate surface area is 115 Å². The van der Waals surface area contributed by atoms with Crippen molar-refractivity contribution in [1.82, 2.24) is 0 Å². The van der Waals surface area contributed by atoms with Crippen molar-refractivity contribution in [3.8, 4) is 0 Å². The van der Waals surface area contributed by atoms with Crippen LogP contribution in [0, 0.1) is 19.3 Å². The quantitative estimate of drug-likeness (QED) is 0.605. The van der Waals surface area contributed by atoms with E-state index in [1.165, 1.54) is 12.5 Å². The van der Waals surface area contributed by atoms with Crippen LogP contribution in [0.2, 0.25) is 0 Å². The summed E-state index contributed by atoms with van der Waals surface area (Å²) >= 11 is 0. The average Bonchev–Trinajstić information content (AvgIpc) is 2.32. The second-order valence-corrected chi connectivity index (χ2v) is 5.22. The van der Waals surface area contributed by atoms with Crippen molar-refractivity contribution in [2.24, 2.45) is 5.41 Å². The first-order valence-electron chi connectivity index (χ1n) is 6.55. The largest absolute Gasteiger partial charge is 0.465 e. The highest BCUT2D eigenvalue weighted by Crippen LogP contribution is 2.27. The molecule has 3 heteroatoms. The second-order valence-electron chi connectivity index (χ2n) is 5.22. The zero-order valence-corrected chi connectivity index (χ0v) is 12.4. The lowest BCUT2D eigenvalue weighted by molar-refractivity contribution is -0.158. The number of aryl methyl sites for hydroxylation is 2. The zero-order valence-electron chi connectivity index (χ0n) is 12.4. The third kappa shape index (κ3) is 3.43. The molecule has 0 saturated carbocycles. The number of ketones is 1. The van der Waals surface area contributed by atoms with Crippen molar-refractivity contribution in [2.45, 2.75) is 41.0 Å². The van der Waals surface area contributed by atoms with E-state index in [1.54, 1.807) is 13.8 Å². The Hall–Kier alpha value is -1.64. The normalized spacial score (nSPS) is 13.7. The molecule has 0 heterocycles. The molecular formula is C16H22O3. The summed E-state index contributed by atoms with van der Waals surface area (Å²) in [6.45, 7) is 9.15. The zero-order chi connectivity index (χ0) is 14.6. The van der Waals surface area contributed by atoms with Crippen LogP contribution < -0.4 is 0 Å². The van der Waals surface area contributed by atoms with Gasteiger partial charge in [0.1, 0.15) is 11.2 Å². The van der Waals surface area contributed by atoms with E-state index in [-0.39, 0.29) is 12.4 Å². The van der Waals surface area contributed by atoms with Crippen molar-refractivity contribution >= 4 is 11.8 Å². The van der Waals surface area contributed by atoms with E-state index in [9.17, 15) is 9.59 Å². The smallest absolute Gasteiger partial charge is 0.319 e. The van der Waals surface area contributed by atoms with Crippen LogP contribution in [0.4, 0.5) is 0 Å². The highest BCUT2D eigenvalue weighted by molar-refractivity contribution is 6.02. The number of carbonyl (C=O) groups excluding carboxylic acids is 2. The lowest BCUT2D eigenvalue weighted by atomic mass is 9.79. The Balaban J connectivity index is 3.08. The molecule has 1 atom stereocenters. The van der Waals surface area contributed by atoms with E-state index in [4.69, 9.17) is 4.74 Å². The predicted octanol–water partition coefficient (Wildman–Crippen LogP) is 3.00. The van der Waals surface area contributed by atoms with Gasteiger partial charge in [-0.2, -0.15) is 0 Å². The highest BCUT2D eigenvalue weighted by Gasteiger charge is 2.40. The van der Waals surface area contributed by atoms with Gasteiger partial charge in [-0.3, -0.25) is 9.59 Å². The minimum atomic E-state index is -1.10. The summed E-state index contributed by atoms with van der Waals surface area (Å²) < 4.78 is 5.04. The van der Waals surface area contributed by atoms with E-state index >= 15 is 0 Å². The van der Waals surface area contributed by atoms with Gasteiger partial charge in [0.2, 0.25) is 0 Å². The first-order chi connectivity index (χ1) is 8.81. The SMILES string of the molecule is CCOC(=O)C(C)(Cc1ccc(C)cc1C)C(C)=O. The van der Waals surface area contributed by atoms with Crippen LogP contribution in [-0.2, 0) is 20.7 Å². The van der Waals surface area contributed by atoms with Gasteiger partial charge in [0.25, 0.3) is 0 Å². The van der Waals surface area contributed by atoms with Gasteiger partial charge in [0, 0.05) is 0 Å². The van der Waals surface area contributed by atoms with Gasteiger partial charge in [-0.15, -0.1) is 0 Å². The Kier molecular flexibility index (Phi) is 4.87. The first-order valence-corrected chi connectivity index (χ1v) is 6.55. The van der Waals surface area contributed by atoms with Crippen LogP contribution in [-0.4, -0.2) is 18.4 Å². The molecule has 1 aromatic carbocycles. The maximum absolute atomic E-state index is 12.0. The second kappa shape index (κ2) is 6.00. The predicted molar refractivity (Wildman–Crippen MR) is 75.0 cm³/mol. The fourth-order valence-electron chi connectivity index (χ4n) is 2.06. The number of rotatable bonds is 5. The highest BCUT2D eigenvalue weighted by atomic mass is 16.5. The standard InChI is InChI=1S/C16H22O3/c1-6-19-15(18)16(5,13(4)17)10-14-8-7-11(2)9-12(14)3/h7-9H,6,10H2,1-5H3. The summed E-state index contributed by atoms with van der Waals surface area (Å²) in [5, 5.41) is 0. The van der Waals surface area contributed by atoms with Crippen molar-refractivity contribution in [2.75, 3.05) is 6.61 Å². The molecule has 0 aliphatic rings. The Morgan fingerprint density at radius 1 is 1.26 bits per heavy atom. The Bertz CT molecular complexity index is 491. The topological polar surface area (TPSA) is 43.4 Å². The molecule has 19 heavy (non-hydrogen) atoms. The molecule has 0 saturated heterocycles. The number of Topliss-reactive ketones (excluding diaryl/α,β-unsaturated/α-hetero) is 1. The number of ether oxygens (including phenoxy) is 1. The van der Waals surface area contributed by atoms with Crippen LogP contribution in [0.5, 0.6) is 0 Å². The maximum Gasteiger partial charge on any atom is 0.319 e. The Morgan fingerprint density at radius 3 is 2.37 bits per heavy atom. The van der Waals surface area contributed by atoms with Gasteiger partial charge in [0.05, 0.1) is 6.61 Å². The first kappa shape index (κ1) is 15.4. The lowest BCUT2D eigenvalue weighted by Crippen LogP contribution is -2.38. The van der Waals surface area contributed by atoms with E-state index in [1.807, 2.05) is 26.0 Å².